The summed E-state index contributed by atoms with van der Waals surface area (Å²) >= 11 is 6.45. The van der Waals surface area contributed by atoms with Crippen LogP contribution in [0.15, 0.2) is 30.0 Å². The number of anilines is 2. The maximum atomic E-state index is 12.0. The van der Waals surface area contributed by atoms with Gasteiger partial charge in [-0.05, 0) is 32.0 Å². The van der Waals surface area contributed by atoms with Crippen molar-refractivity contribution >= 4 is 34.9 Å². The standard InChI is InChI=1S/C19H23ClN2O5/c1-11-9-22(10-12(2)25-11)16-6-5-13(7-15(16)20)21-8-14-17(23)26-19(3,4)27-18(14)24/h5-8,11-12,21H,9-10H2,1-4H3. The van der Waals surface area contributed by atoms with E-state index in [1.807, 2.05) is 26.0 Å². The molecule has 0 saturated carbocycles. The normalized spacial score (nSPS) is 24.9. The molecule has 146 valence electrons. The second kappa shape index (κ2) is 7.40. The summed E-state index contributed by atoms with van der Waals surface area (Å²) in [7, 11) is 0. The van der Waals surface area contributed by atoms with E-state index >= 15 is 0 Å². The number of morpholine rings is 1. The number of cyclic esters (lactones) is 2. The summed E-state index contributed by atoms with van der Waals surface area (Å²) in [4.78, 5) is 26.1. The number of halogens is 1. The average molecular weight is 395 g/mol. The van der Waals surface area contributed by atoms with Crippen LogP contribution in [0.5, 0.6) is 0 Å². The summed E-state index contributed by atoms with van der Waals surface area (Å²) in [6.07, 6.45) is 1.52. The molecule has 2 fully saturated rings. The van der Waals surface area contributed by atoms with Crippen molar-refractivity contribution in [2.75, 3.05) is 23.3 Å². The lowest BCUT2D eigenvalue weighted by Gasteiger charge is -2.37. The van der Waals surface area contributed by atoms with Gasteiger partial charge in [0.05, 0.1) is 22.9 Å². The van der Waals surface area contributed by atoms with E-state index in [-0.39, 0.29) is 17.8 Å². The molecule has 0 amide bonds. The first kappa shape index (κ1) is 19.5. The van der Waals surface area contributed by atoms with Crippen LogP contribution in [0.3, 0.4) is 0 Å². The minimum Gasteiger partial charge on any atom is -0.419 e. The Labute approximate surface area is 163 Å². The third-order valence-electron chi connectivity index (χ3n) is 4.21. The van der Waals surface area contributed by atoms with Gasteiger partial charge >= 0.3 is 11.9 Å². The van der Waals surface area contributed by atoms with Gasteiger partial charge in [0.1, 0.15) is 0 Å². The molecule has 3 rings (SSSR count). The number of ether oxygens (including phenoxy) is 3. The van der Waals surface area contributed by atoms with Crippen molar-refractivity contribution in [1.29, 1.82) is 0 Å². The number of nitrogens with zero attached hydrogens (tertiary/aromatic N) is 1. The fourth-order valence-corrected chi connectivity index (χ4v) is 3.46. The molecule has 1 aromatic carbocycles. The first-order valence-corrected chi connectivity index (χ1v) is 9.16. The van der Waals surface area contributed by atoms with Gasteiger partial charge in [-0.3, -0.25) is 0 Å². The SMILES string of the molecule is CC1CN(c2ccc(NC=C3C(=O)OC(C)(C)OC3=O)cc2Cl)CC(C)O1. The lowest BCUT2D eigenvalue weighted by Crippen LogP contribution is -2.45. The third kappa shape index (κ3) is 4.54. The van der Waals surface area contributed by atoms with Crippen molar-refractivity contribution in [1.82, 2.24) is 0 Å². The fourth-order valence-electron chi connectivity index (χ4n) is 3.16. The van der Waals surface area contributed by atoms with Gasteiger partial charge < -0.3 is 24.4 Å². The number of carbonyl (C=O) groups is 2. The van der Waals surface area contributed by atoms with E-state index in [0.717, 1.165) is 18.8 Å². The van der Waals surface area contributed by atoms with Crippen molar-refractivity contribution in [3.8, 4) is 0 Å². The molecule has 2 aliphatic rings. The molecule has 0 aliphatic carbocycles. The van der Waals surface area contributed by atoms with Crippen LogP contribution in [0.25, 0.3) is 0 Å². The maximum Gasteiger partial charge on any atom is 0.350 e. The molecule has 1 aromatic rings. The summed E-state index contributed by atoms with van der Waals surface area (Å²) in [5, 5.41) is 3.46. The van der Waals surface area contributed by atoms with Crippen LogP contribution in [0.1, 0.15) is 27.7 Å². The number of carbonyl (C=O) groups excluding carboxylic acids is 2. The Morgan fingerprint density at radius 3 is 2.30 bits per heavy atom. The van der Waals surface area contributed by atoms with Crippen LogP contribution in [-0.4, -0.2) is 43.0 Å². The van der Waals surface area contributed by atoms with Crippen LogP contribution >= 0.6 is 11.6 Å². The van der Waals surface area contributed by atoms with Crippen LogP contribution < -0.4 is 10.2 Å². The van der Waals surface area contributed by atoms with Gasteiger partial charge in [0.25, 0.3) is 5.79 Å². The van der Waals surface area contributed by atoms with Gasteiger partial charge in [-0.1, -0.05) is 11.6 Å². The van der Waals surface area contributed by atoms with Crippen LogP contribution in [0.4, 0.5) is 11.4 Å². The lowest BCUT2D eigenvalue weighted by atomic mass is 10.2. The second-order valence-electron chi connectivity index (χ2n) is 7.21. The average Bonchev–Trinajstić information content (AvgIpc) is 2.52. The highest BCUT2D eigenvalue weighted by Crippen LogP contribution is 2.31. The predicted molar refractivity (Wildman–Crippen MR) is 102 cm³/mol. The van der Waals surface area contributed by atoms with E-state index in [1.54, 1.807) is 6.07 Å². The van der Waals surface area contributed by atoms with Gasteiger partial charge in [0.2, 0.25) is 0 Å². The molecule has 0 aromatic heterocycles. The molecule has 1 N–H and O–H groups in total. The molecule has 2 saturated heterocycles. The Bertz CT molecular complexity index is 760. The summed E-state index contributed by atoms with van der Waals surface area (Å²) in [5.41, 5.74) is 1.34. The fraction of sp³-hybridized carbons (Fsp3) is 0.474. The zero-order chi connectivity index (χ0) is 19.8. The number of esters is 2. The summed E-state index contributed by atoms with van der Waals surface area (Å²) in [6.45, 7) is 8.57. The zero-order valence-corrected chi connectivity index (χ0v) is 16.5. The lowest BCUT2D eigenvalue weighted by molar-refractivity contribution is -0.222. The van der Waals surface area contributed by atoms with Crippen molar-refractivity contribution in [2.24, 2.45) is 0 Å². The van der Waals surface area contributed by atoms with E-state index in [1.165, 1.54) is 20.0 Å². The smallest absolute Gasteiger partial charge is 0.350 e. The van der Waals surface area contributed by atoms with Crippen molar-refractivity contribution in [3.05, 3.63) is 35.0 Å². The summed E-state index contributed by atoms with van der Waals surface area (Å²) in [6, 6.07) is 5.46. The zero-order valence-electron chi connectivity index (χ0n) is 15.7. The Morgan fingerprint density at radius 2 is 1.74 bits per heavy atom. The Hall–Kier alpha value is -2.25. The molecule has 0 spiro atoms. The number of hydrogen-bond donors (Lipinski definition) is 1. The molecule has 2 atom stereocenters. The molecule has 2 aliphatic heterocycles. The highest BCUT2D eigenvalue weighted by Gasteiger charge is 2.39. The van der Waals surface area contributed by atoms with Crippen LogP contribution in [0, 0.1) is 0 Å². The summed E-state index contributed by atoms with van der Waals surface area (Å²) < 4.78 is 15.9. The first-order chi connectivity index (χ1) is 12.6. The van der Waals surface area contributed by atoms with Crippen LogP contribution in [0.2, 0.25) is 5.02 Å². The summed E-state index contributed by atoms with van der Waals surface area (Å²) in [5.74, 6) is -2.73. The van der Waals surface area contributed by atoms with Gasteiger partial charge in [-0.15, -0.1) is 0 Å². The quantitative estimate of drug-likeness (QED) is 0.479. The molecule has 0 radical (unpaired) electrons. The van der Waals surface area contributed by atoms with E-state index in [0.29, 0.717) is 10.7 Å². The molecule has 27 heavy (non-hydrogen) atoms. The highest BCUT2D eigenvalue weighted by atomic mass is 35.5. The van der Waals surface area contributed by atoms with E-state index in [4.69, 9.17) is 25.8 Å². The van der Waals surface area contributed by atoms with E-state index in [9.17, 15) is 9.59 Å². The monoisotopic (exact) mass is 394 g/mol. The minimum atomic E-state index is -1.26. The number of rotatable bonds is 3. The van der Waals surface area contributed by atoms with Gasteiger partial charge in [-0.25, -0.2) is 9.59 Å². The third-order valence-corrected chi connectivity index (χ3v) is 4.51. The molecular weight excluding hydrogens is 372 g/mol. The molecule has 0 bridgehead atoms. The minimum absolute atomic E-state index is 0.125. The topological polar surface area (TPSA) is 77.1 Å². The number of hydrogen-bond acceptors (Lipinski definition) is 7. The Balaban J connectivity index is 1.73. The molecular formula is C19H23ClN2O5. The van der Waals surface area contributed by atoms with E-state index in [2.05, 4.69) is 10.2 Å². The number of nitrogens with one attached hydrogen (secondary N) is 1. The van der Waals surface area contributed by atoms with Gasteiger partial charge in [-0.2, -0.15) is 0 Å². The van der Waals surface area contributed by atoms with E-state index < -0.39 is 17.7 Å². The van der Waals surface area contributed by atoms with Crippen molar-refractivity contribution in [2.45, 2.75) is 45.7 Å². The predicted octanol–water partition coefficient (Wildman–Crippen LogP) is 3.09. The second-order valence-corrected chi connectivity index (χ2v) is 7.62. The Kier molecular flexibility index (Phi) is 5.35. The van der Waals surface area contributed by atoms with Gasteiger partial charge in [0.15, 0.2) is 5.57 Å². The number of benzene rings is 1. The Morgan fingerprint density at radius 1 is 1.15 bits per heavy atom. The van der Waals surface area contributed by atoms with Crippen LogP contribution in [-0.2, 0) is 23.8 Å². The van der Waals surface area contributed by atoms with Gasteiger partial charge in [0, 0.05) is 38.8 Å². The van der Waals surface area contributed by atoms with Crippen molar-refractivity contribution < 1.29 is 23.8 Å². The maximum absolute atomic E-state index is 12.0. The largest absolute Gasteiger partial charge is 0.419 e. The molecule has 2 unspecified atom stereocenters. The first-order valence-electron chi connectivity index (χ1n) is 8.78. The van der Waals surface area contributed by atoms with Crippen molar-refractivity contribution in [3.63, 3.8) is 0 Å². The molecule has 7 nitrogen and oxygen atoms in total. The molecule has 2 heterocycles. The molecule has 8 heteroatoms. The highest BCUT2D eigenvalue weighted by molar-refractivity contribution is 6.33.